The molecule has 1 aromatic carbocycles. The van der Waals surface area contributed by atoms with Gasteiger partial charge in [-0.2, -0.15) is 0 Å². The topological polar surface area (TPSA) is 12.9 Å². The number of thioether (sulfide) groups is 1. The average molecular weight is 260 g/mol. The SMILES string of the molecule is CSc1nc2c(Br)cccc2s1. The molecule has 0 spiro atoms. The largest absolute Gasteiger partial charge is 0.228 e. The minimum Gasteiger partial charge on any atom is -0.228 e. The molecule has 2 aromatic rings. The van der Waals surface area contributed by atoms with E-state index in [1.807, 2.05) is 18.4 Å². The van der Waals surface area contributed by atoms with Crippen molar-refractivity contribution in [1.29, 1.82) is 0 Å². The van der Waals surface area contributed by atoms with Gasteiger partial charge in [-0.15, -0.1) is 11.3 Å². The molecule has 1 heterocycles. The molecular weight excluding hydrogens is 254 g/mol. The van der Waals surface area contributed by atoms with E-state index in [2.05, 4.69) is 27.0 Å². The smallest absolute Gasteiger partial charge is 0.150 e. The molecule has 0 N–H and O–H groups in total. The van der Waals surface area contributed by atoms with Gasteiger partial charge < -0.3 is 0 Å². The first-order valence-electron chi connectivity index (χ1n) is 3.40. The molecule has 0 atom stereocenters. The van der Waals surface area contributed by atoms with Gasteiger partial charge in [0.15, 0.2) is 4.34 Å². The summed E-state index contributed by atoms with van der Waals surface area (Å²) in [6.07, 6.45) is 2.05. The van der Waals surface area contributed by atoms with E-state index in [1.165, 1.54) is 4.70 Å². The third kappa shape index (κ3) is 1.39. The van der Waals surface area contributed by atoms with Crippen molar-refractivity contribution in [2.75, 3.05) is 6.26 Å². The molecule has 62 valence electrons. The van der Waals surface area contributed by atoms with Crippen LogP contribution in [-0.4, -0.2) is 11.2 Å². The molecule has 4 heteroatoms. The van der Waals surface area contributed by atoms with Crippen molar-refractivity contribution < 1.29 is 0 Å². The third-order valence-electron chi connectivity index (χ3n) is 1.52. The van der Waals surface area contributed by atoms with Crippen molar-refractivity contribution in [2.45, 2.75) is 4.34 Å². The van der Waals surface area contributed by atoms with E-state index in [0.29, 0.717) is 0 Å². The second-order valence-electron chi connectivity index (χ2n) is 2.27. The molecule has 0 unspecified atom stereocenters. The van der Waals surface area contributed by atoms with Crippen LogP contribution in [0.4, 0.5) is 0 Å². The van der Waals surface area contributed by atoms with E-state index in [4.69, 9.17) is 0 Å². The Morgan fingerprint density at radius 3 is 3.00 bits per heavy atom. The highest BCUT2D eigenvalue weighted by atomic mass is 79.9. The van der Waals surface area contributed by atoms with Gasteiger partial charge in [0.05, 0.1) is 10.2 Å². The summed E-state index contributed by atoms with van der Waals surface area (Å²) < 4.78 is 3.45. The minimum absolute atomic E-state index is 1.08. The number of hydrogen-bond donors (Lipinski definition) is 0. The number of rotatable bonds is 1. The van der Waals surface area contributed by atoms with Gasteiger partial charge in [-0.3, -0.25) is 0 Å². The van der Waals surface area contributed by atoms with E-state index in [9.17, 15) is 0 Å². The molecule has 0 bridgehead atoms. The van der Waals surface area contributed by atoms with Crippen LogP contribution in [-0.2, 0) is 0 Å². The highest BCUT2D eigenvalue weighted by molar-refractivity contribution is 9.10. The zero-order valence-electron chi connectivity index (χ0n) is 6.37. The Hall–Kier alpha value is -0.0600. The lowest BCUT2D eigenvalue weighted by atomic mass is 10.3. The molecule has 0 saturated heterocycles. The summed E-state index contributed by atoms with van der Waals surface area (Å²) in [4.78, 5) is 4.47. The Morgan fingerprint density at radius 1 is 1.50 bits per heavy atom. The zero-order chi connectivity index (χ0) is 8.55. The van der Waals surface area contributed by atoms with Crippen LogP contribution in [0.3, 0.4) is 0 Å². The van der Waals surface area contributed by atoms with Crippen molar-refractivity contribution in [3.8, 4) is 0 Å². The lowest BCUT2D eigenvalue weighted by Crippen LogP contribution is -1.69. The number of fused-ring (bicyclic) bond motifs is 1. The van der Waals surface area contributed by atoms with Crippen molar-refractivity contribution in [3.63, 3.8) is 0 Å². The van der Waals surface area contributed by atoms with Crippen LogP contribution in [0.2, 0.25) is 0 Å². The lowest BCUT2D eigenvalue weighted by Gasteiger charge is -1.88. The van der Waals surface area contributed by atoms with Crippen LogP contribution in [0, 0.1) is 0 Å². The predicted octanol–water partition coefficient (Wildman–Crippen LogP) is 3.78. The maximum Gasteiger partial charge on any atom is 0.150 e. The van der Waals surface area contributed by atoms with Crippen LogP contribution in [0.1, 0.15) is 0 Å². The number of benzene rings is 1. The molecule has 0 aliphatic carbocycles. The average Bonchev–Trinajstić information content (AvgIpc) is 2.49. The molecule has 0 fully saturated rings. The summed E-state index contributed by atoms with van der Waals surface area (Å²) in [5.74, 6) is 0. The second kappa shape index (κ2) is 3.36. The number of hydrogen-bond acceptors (Lipinski definition) is 3. The van der Waals surface area contributed by atoms with Gasteiger partial charge in [-0.05, 0) is 34.3 Å². The highest BCUT2D eigenvalue weighted by Gasteiger charge is 2.04. The normalized spacial score (nSPS) is 10.8. The van der Waals surface area contributed by atoms with Crippen molar-refractivity contribution >= 4 is 49.2 Å². The lowest BCUT2D eigenvalue weighted by molar-refractivity contribution is 1.30. The fourth-order valence-electron chi connectivity index (χ4n) is 0.982. The molecule has 0 aliphatic heterocycles. The maximum atomic E-state index is 4.47. The van der Waals surface area contributed by atoms with Gasteiger partial charge in [-0.25, -0.2) is 4.98 Å². The fraction of sp³-hybridized carbons (Fsp3) is 0.125. The number of aromatic nitrogens is 1. The number of nitrogens with zero attached hydrogens (tertiary/aromatic N) is 1. The summed E-state index contributed by atoms with van der Waals surface area (Å²) >= 11 is 6.90. The summed E-state index contributed by atoms with van der Waals surface area (Å²) in [5, 5.41) is 0. The number of thiazole rings is 1. The Balaban J connectivity index is 2.74. The third-order valence-corrected chi connectivity index (χ3v) is 4.17. The van der Waals surface area contributed by atoms with Crippen LogP contribution in [0.15, 0.2) is 27.0 Å². The monoisotopic (exact) mass is 259 g/mol. The molecule has 0 aliphatic rings. The summed E-state index contributed by atoms with van der Waals surface area (Å²) in [6.45, 7) is 0. The van der Waals surface area contributed by atoms with Crippen LogP contribution >= 0.6 is 39.0 Å². The van der Waals surface area contributed by atoms with Crippen LogP contribution in [0.25, 0.3) is 10.2 Å². The van der Waals surface area contributed by atoms with Gasteiger partial charge in [-0.1, -0.05) is 17.8 Å². The van der Waals surface area contributed by atoms with E-state index in [0.717, 1.165) is 14.3 Å². The van der Waals surface area contributed by atoms with Gasteiger partial charge in [0, 0.05) is 4.47 Å². The Labute approximate surface area is 87.3 Å². The minimum atomic E-state index is 1.08. The first-order valence-corrected chi connectivity index (χ1v) is 6.24. The Morgan fingerprint density at radius 2 is 2.33 bits per heavy atom. The molecule has 1 aromatic heterocycles. The summed E-state index contributed by atoms with van der Waals surface area (Å²) in [6, 6.07) is 6.15. The molecule has 2 rings (SSSR count). The van der Waals surface area contributed by atoms with Crippen molar-refractivity contribution in [3.05, 3.63) is 22.7 Å². The highest BCUT2D eigenvalue weighted by Crippen LogP contribution is 2.31. The van der Waals surface area contributed by atoms with Gasteiger partial charge >= 0.3 is 0 Å². The Bertz CT molecular complexity index is 410. The summed E-state index contributed by atoms with van der Waals surface area (Å²) in [5.41, 5.74) is 1.08. The summed E-state index contributed by atoms with van der Waals surface area (Å²) in [7, 11) is 0. The van der Waals surface area contributed by atoms with E-state index >= 15 is 0 Å². The first-order chi connectivity index (χ1) is 5.81. The first kappa shape index (κ1) is 8.53. The van der Waals surface area contributed by atoms with Gasteiger partial charge in [0.1, 0.15) is 0 Å². The molecule has 0 radical (unpaired) electrons. The van der Waals surface area contributed by atoms with E-state index < -0.39 is 0 Å². The molecule has 1 nitrogen and oxygen atoms in total. The van der Waals surface area contributed by atoms with E-state index in [1.54, 1.807) is 23.1 Å². The standard InChI is InChI=1S/C8H6BrNS2/c1-11-8-10-7-5(9)3-2-4-6(7)12-8/h2-4H,1H3. The second-order valence-corrected chi connectivity index (χ2v) is 5.21. The molecule has 0 amide bonds. The van der Waals surface area contributed by atoms with Crippen molar-refractivity contribution in [1.82, 2.24) is 4.98 Å². The van der Waals surface area contributed by atoms with E-state index in [-0.39, 0.29) is 0 Å². The fourth-order valence-corrected chi connectivity index (χ4v) is 3.08. The van der Waals surface area contributed by atoms with Crippen molar-refractivity contribution in [2.24, 2.45) is 0 Å². The zero-order valence-corrected chi connectivity index (χ0v) is 9.59. The number of halogens is 1. The quantitative estimate of drug-likeness (QED) is 0.724. The number of para-hydroxylation sites is 1. The molecular formula is C8H6BrNS2. The van der Waals surface area contributed by atoms with Crippen LogP contribution < -0.4 is 0 Å². The van der Waals surface area contributed by atoms with Gasteiger partial charge in [0.25, 0.3) is 0 Å². The Kier molecular flexibility index (Phi) is 2.39. The maximum absolute atomic E-state index is 4.47. The molecule has 0 saturated carbocycles. The van der Waals surface area contributed by atoms with Crippen LogP contribution in [0.5, 0.6) is 0 Å². The van der Waals surface area contributed by atoms with Gasteiger partial charge in [0.2, 0.25) is 0 Å². The predicted molar refractivity (Wildman–Crippen MR) is 59.1 cm³/mol. The molecule has 12 heavy (non-hydrogen) atoms.